The van der Waals surface area contributed by atoms with Crippen LogP contribution < -0.4 is 5.73 Å². The zero-order chi connectivity index (χ0) is 12.3. The normalized spacial score (nSPS) is 12.6. The van der Waals surface area contributed by atoms with Gasteiger partial charge in [0.05, 0.1) is 0 Å². The minimum absolute atomic E-state index is 0.0186. The van der Waals surface area contributed by atoms with Gasteiger partial charge >= 0.3 is 0 Å². The summed E-state index contributed by atoms with van der Waals surface area (Å²) in [5, 5.41) is 0. The van der Waals surface area contributed by atoms with Gasteiger partial charge in [-0.3, -0.25) is 4.79 Å². The summed E-state index contributed by atoms with van der Waals surface area (Å²) >= 11 is 0. The predicted octanol–water partition coefficient (Wildman–Crippen LogP) is 2.78. The highest BCUT2D eigenvalue weighted by Gasteiger charge is 2.18. The zero-order valence-electron chi connectivity index (χ0n) is 10.6. The van der Waals surface area contributed by atoms with Gasteiger partial charge in [-0.25, -0.2) is 0 Å². The summed E-state index contributed by atoms with van der Waals surface area (Å²) in [5.41, 5.74) is 9.73. The van der Waals surface area contributed by atoms with Crippen LogP contribution >= 0.6 is 0 Å². The molecule has 2 N–H and O–H groups in total. The third kappa shape index (κ3) is 2.70. The van der Waals surface area contributed by atoms with Crippen LogP contribution in [-0.2, 0) is 0 Å². The van der Waals surface area contributed by atoms with Crippen molar-refractivity contribution in [2.45, 2.75) is 34.1 Å². The van der Waals surface area contributed by atoms with Crippen molar-refractivity contribution in [3.63, 3.8) is 0 Å². The predicted molar refractivity (Wildman–Crippen MR) is 67.8 cm³/mol. The zero-order valence-corrected chi connectivity index (χ0v) is 10.6. The van der Waals surface area contributed by atoms with Crippen LogP contribution in [0.2, 0.25) is 0 Å². The monoisotopic (exact) mass is 219 g/mol. The third-order valence-corrected chi connectivity index (χ3v) is 2.97. The molecule has 1 atom stereocenters. The number of aryl methyl sites for hydroxylation is 3. The van der Waals surface area contributed by atoms with Crippen molar-refractivity contribution in [2.75, 3.05) is 6.54 Å². The number of nitrogens with two attached hydrogens (primary N) is 1. The van der Waals surface area contributed by atoms with Gasteiger partial charge in [-0.15, -0.1) is 0 Å². The Balaban J connectivity index is 3.08. The Morgan fingerprint density at radius 2 is 1.75 bits per heavy atom. The van der Waals surface area contributed by atoms with Crippen LogP contribution in [0.25, 0.3) is 0 Å². The lowest BCUT2D eigenvalue weighted by molar-refractivity contribution is 0.0924. The van der Waals surface area contributed by atoms with Crippen LogP contribution in [0.1, 0.15) is 40.4 Å². The largest absolute Gasteiger partial charge is 0.330 e. The van der Waals surface area contributed by atoms with Gasteiger partial charge in [0.15, 0.2) is 5.78 Å². The van der Waals surface area contributed by atoms with Gasteiger partial charge in [-0.1, -0.05) is 24.6 Å². The summed E-state index contributed by atoms with van der Waals surface area (Å²) in [6, 6.07) is 4.13. The second kappa shape index (κ2) is 5.26. The van der Waals surface area contributed by atoms with Crippen molar-refractivity contribution in [1.29, 1.82) is 0 Å². The van der Waals surface area contributed by atoms with Crippen molar-refractivity contribution in [2.24, 2.45) is 11.7 Å². The van der Waals surface area contributed by atoms with Crippen LogP contribution in [-0.4, -0.2) is 12.3 Å². The number of carbonyl (C=O) groups is 1. The van der Waals surface area contributed by atoms with Crippen molar-refractivity contribution in [1.82, 2.24) is 0 Å². The molecule has 1 rings (SSSR count). The summed E-state index contributed by atoms with van der Waals surface area (Å²) < 4.78 is 0. The minimum atomic E-state index is 0.0186. The highest BCUT2D eigenvalue weighted by atomic mass is 16.1. The molecule has 0 aliphatic heterocycles. The number of carbonyl (C=O) groups excluding carboxylic acids is 1. The van der Waals surface area contributed by atoms with Crippen LogP contribution in [0.4, 0.5) is 0 Å². The number of ketones is 1. The van der Waals surface area contributed by atoms with Gasteiger partial charge in [0.1, 0.15) is 0 Å². The number of benzene rings is 1. The summed E-state index contributed by atoms with van der Waals surface area (Å²) in [5.74, 6) is 0.241. The molecular formula is C14H21NO. The fraction of sp³-hybridized carbons (Fsp3) is 0.500. The van der Waals surface area contributed by atoms with Crippen molar-refractivity contribution < 1.29 is 4.79 Å². The molecule has 0 amide bonds. The number of hydrogen-bond acceptors (Lipinski definition) is 2. The Bertz CT molecular complexity index is 373. The molecule has 0 radical (unpaired) electrons. The molecule has 0 heterocycles. The van der Waals surface area contributed by atoms with E-state index in [4.69, 9.17) is 5.73 Å². The first-order valence-corrected chi connectivity index (χ1v) is 5.79. The summed E-state index contributed by atoms with van der Waals surface area (Å²) in [7, 11) is 0. The highest BCUT2D eigenvalue weighted by molar-refractivity contribution is 6.00. The maximum absolute atomic E-state index is 12.2. The molecule has 0 aliphatic carbocycles. The van der Waals surface area contributed by atoms with Crippen molar-refractivity contribution >= 4 is 5.78 Å². The molecule has 0 spiro atoms. The molecule has 2 heteroatoms. The quantitative estimate of drug-likeness (QED) is 0.791. The molecule has 16 heavy (non-hydrogen) atoms. The van der Waals surface area contributed by atoms with E-state index < -0.39 is 0 Å². The van der Waals surface area contributed by atoms with E-state index in [2.05, 4.69) is 19.1 Å². The van der Waals surface area contributed by atoms with E-state index in [0.29, 0.717) is 6.54 Å². The molecule has 1 aromatic carbocycles. The third-order valence-electron chi connectivity index (χ3n) is 2.97. The summed E-state index contributed by atoms with van der Waals surface area (Å²) in [6.45, 7) is 8.58. The van der Waals surface area contributed by atoms with Gasteiger partial charge in [-0.05, 0) is 44.9 Å². The van der Waals surface area contributed by atoms with Crippen LogP contribution in [0.15, 0.2) is 12.1 Å². The fourth-order valence-corrected chi connectivity index (χ4v) is 2.20. The van der Waals surface area contributed by atoms with E-state index in [1.807, 2.05) is 20.8 Å². The van der Waals surface area contributed by atoms with Gasteiger partial charge in [-0.2, -0.15) is 0 Å². The second-order valence-corrected chi connectivity index (χ2v) is 4.62. The molecule has 0 saturated carbocycles. The Morgan fingerprint density at radius 1 is 1.25 bits per heavy atom. The lowest BCUT2D eigenvalue weighted by atomic mass is 9.89. The average molecular weight is 219 g/mol. The minimum Gasteiger partial charge on any atom is -0.330 e. The SMILES string of the molecule is Cc1cc(C)c(C(=O)C(C)CCN)c(C)c1. The lowest BCUT2D eigenvalue weighted by Crippen LogP contribution is -2.17. The van der Waals surface area contributed by atoms with E-state index in [0.717, 1.165) is 23.1 Å². The number of Topliss-reactive ketones (excluding diaryl/α,β-unsaturated/α-hetero) is 1. The van der Waals surface area contributed by atoms with E-state index >= 15 is 0 Å². The van der Waals surface area contributed by atoms with Gasteiger partial charge in [0.25, 0.3) is 0 Å². The van der Waals surface area contributed by atoms with E-state index in [9.17, 15) is 4.79 Å². The summed E-state index contributed by atoms with van der Waals surface area (Å²) in [4.78, 5) is 12.2. The number of hydrogen-bond donors (Lipinski definition) is 1. The van der Waals surface area contributed by atoms with Crippen LogP contribution in [0, 0.1) is 26.7 Å². The fourth-order valence-electron chi connectivity index (χ4n) is 2.20. The van der Waals surface area contributed by atoms with Crippen molar-refractivity contribution in [3.8, 4) is 0 Å². The lowest BCUT2D eigenvalue weighted by Gasteiger charge is -2.14. The van der Waals surface area contributed by atoms with Crippen LogP contribution in [0.5, 0.6) is 0 Å². The van der Waals surface area contributed by atoms with Crippen LogP contribution in [0.3, 0.4) is 0 Å². The molecule has 0 aromatic heterocycles. The molecule has 2 nitrogen and oxygen atoms in total. The highest BCUT2D eigenvalue weighted by Crippen LogP contribution is 2.21. The van der Waals surface area contributed by atoms with Gasteiger partial charge in [0, 0.05) is 11.5 Å². The van der Waals surface area contributed by atoms with E-state index in [-0.39, 0.29) is 11.7 Å². The molecule has 1 aromatic rings. The first-order valence-electron chi connectivity index (χ1n) is 5.79. The standard InChI is InChI=1S/C14H21NO/c1-9-7-11(3)13(12(4)8-9)14(16)10(2)5-6-15/h7-8,10H,5-6,15H2,1-4H3. The number of rotatable bonds is 4. The first kappa shape index (κ1) is 12.9. The van der Waals surface area contributed by atoms with Gasteiger partial charge in [0.2, 0.25) is 0 Å². The smallest absolute Gasteiger partial charge is 0.166 e. The average Bonchev–Trinajstić information content (AvgIpc) is 2.16. The Hall–Kier alpha value is -1.15. The molecular weight excluding hydrogens is 198 g/mol. The molecule has 1 unspecified atom stereocenters. The molecule has 0 fully saturated rings. The Labute approximate surface area is 97.9 Å². The molecule has 88 valence electrons. The molecule has 0 aliphatic rings. The molecule has 0 saturated heterocycles. The maximum Gasteiger partial charge on any atom is 0.166 e. The molecule has 0 bridgehead atoms. The Morgan fingerprint density at radius 3 is 2.19 bits per heavy atom. The maximum atomic E-state index is 12.2. The van der Waals surface area contributed by atoms with Gasteiger partial charge < -0.3 is 5.73 Å². The summed E-state index contributed by atoms with van der Waals surface area (Å²) in [6.07, 6.45) is 0.756. The van der Waals surface area contributed by atoms with Crippen molar-refractivity contribution in [3.05, 3.63) is 34.4 Å². The van der Waals surface area contributed by atoms with E-state index in [1.54, 1.807) is 0 Å². The Kier molecular flexibility index (Phi) is 4.25. The topological polar surface area (TPSA) is 43.1 Å². The van der Waals surface area contributed by atoms with E-state index in [1.165, 1.54) is 5.56 Å². The first-order chi connectivity index (χ1) is 7.47. The second-order valence-electron chi connectivity index (χ2n) is 4.62.